The zero-order chi connectivity index (χ0) is 12.8. The number of carbonyl (C=O) groups excluding carboxylic acids is 1. The Labute approximate surface area is 109 Å². The standard InChI is InChI=1S/C13H24N2O3/c1-2-18-13(16)12(11-4-3-9-17-10-11)15-7-5-14-6-8-15/h11-12,14H,2-10H2,1H3. The van der Waals surface area contributed by atoms with E-state index in [2.05, 4.69) is 10.2 Å². The average Bonchev–Trinajstić information content (AvgIpc) is 2.42. The van der Waals surface area contributed by atoms with Crippen LogP contribution in [-0.4, -0.2) is 62.9 Å². The molecule has 2 aliphatic rings. The molecule has 1 N–H and O–H groups in total. The molecule has 2 saturated heterocycles. The molecule has 0 bridgehead atoms. The lowest BCUT2D eigenvalue weighted by molar-refractivity contribution is -0.154. The van der Waals surface area contributed by atoms with Gasteiger partial charge in [0.25, 0.3) is 0 Å². The topological polar surface area (TPSA) is 50.8 Å². The Hall–Kier alpha value is -0.650. The number of nitrogens with zero attached hydrogens (tertiary/aromatic N) is 1. The van der Waals surface area contributed by atoms with Crippen LogP contribution in [-0.2, 0) is 14.3 Å². The Balaban J connectivity index is 2.02. The summed E-state index contributed by atoms with van der Waals surface area (Å²) in [7, 11) is 0. The van der Waals surface area contributed by atoms with E-state index in [1.54, 1.807) is 0 Å². The van der Waals surface area contributed by atoms with Gasteiger partial charge in [0.1, 0.15) is 6.04 Å². The van der Waals surface area contributed by atoms with Gasteiger partial charge < -0.3 is 14.8 Å². The fourth-order valence-electron chi connectivity index (χ4n) is 2.84. The second-order valence-corrected chi connectivity index (χ2v) is 4.96. The average molecular weight is 256 g/mol. The van der Waals surface area contributed by atoms with Gasteiger partial charge in [0.2, 0.25) is 0 Å². The number of hydrogen-bond donors (Lipinski definition) is 1. The maximum Gasteiger partial charge on any atom is 0.323 e. The van der Waals surface area contributed by atoms with E-state index in [1.807, 2.05) is 6.92 Å². The monoisotopic (exact) mass is 256 g/mol. The van der Waals surface area contributed by atoms with E-state index in [4.69, 9.17) is 9.47 Å². The van der Waals surface area contributed by atoms with E-state index in [1.165, 1.54) is 0 Å². The van der Waals surface area contributed by atoms with Crippen molar-refractivity contribution >= 4 is 5.97 Å². The van der Waals surface area contributed by atoms with Gasteiger partial charge in [-0.25, -0.2) is 0 Å². The second-order valence-electron chi connectivity index (χ2n) is 4.96. The van der Waals surface area contributed by atoms with Gasteiger partial charge in [-0.15, -0.1) is 0 Å². The molecule has 0 aromatic heterocycles. The third kappa shape index (κ3) is 3.43. The summed E-state index contributed by atoms with van der Waals surface area (Å²) in [6.45, 7) is 7.56. The minimum absolute atomic E-state index is 0.0742. The maximum absolute atomic E-state index is 12.2. The molecule has 2 rings (SSSR count). The highest BCUT2D eigenvalue weighted by molar-refractivity contribution is 5.76. The molecule has 0 aromatic carbocycles. The van der Waals surface area contributed by atoms with Crippen LogP contribution in [0.5, 0.6) is 0 Å². The van der Waals surface area contributed by atoms with Gasteiger partial charge in [-0.05, 0) is 19.8 Å². The van der Waals surface area contributed by atoms with Gasteiger partial charge >= 0.3 is 5.97 Å². The lowest BCUT2D eigenvalue weighted by atomic mass is 9.92. The van der Waals surface area contributed by atoms with Crippen molar-refractivity contribution in [3.8, 4) is 0 Å². The molecular weight excluding hydrogens is 232 g/mol. The molecule has 0 spiro atoms. The number of nitrogens with one attached hydrogen (secondary N) is 1. The Kier molecular flexibility index (Phi) is 5.41. The predicted molar refractivity (Wildman–Crippen MR) is 68.4 cm³/mol. The van der Waals surface area contributed by atoms with Gasteiger partial charge in [-0.3, -0.25) is 9.69 Å². The van der Waals surface area contributed by atoms with Crippen LogP contribution in [0.3, 0.4) is 0 Å². The van der Waals surface area contributed by atoms with E-state index in [9.17, 15) is 4.79 Å². The smallest absolute Gasteiger partial charge is 0.323 e. The molecule has 5 nitrogen and oxygen atoms in total. The third-order valence-electron chi connectivity index (χ3n) is 3.72. The second kappa shape index (κ2) is 7.07. The molecule has 2 fully saturated rings. The molecule has 0 saturated carbocycles. The van der Waals surface area contributed by atoms with Gasteiger partial charge in [0.15, 0.2) is 0 Å². The van der Waals surface area contributed by atoms with Crippen molar-refractivity contribution in [2.75, 3.05) is 46.0 Å². The zero-order valence-corrected chi connectivity index (χ0v) is 11.2. The van der Waals surface area contributed by atoms with E-state index in [0.29, 0.717) is 13.2 Å². The Morgan fingerprint density at radius 3 is 2.89 bits per heavy atom. The summed E-state index contributed by atoms with van der Waals surface area (Å²) in [6, 6.07) is -0.118. The molecule has 0 aromatic rings. The van der Waals surface area contributed by atoms with Crippen molar-refractivity contribution < 1.29 is 14.3 Å². The van der Waals surface area contributed by atoms with Crippen molar-refractivity contribution in [1.82, 2.24) is 10.2 Å². The molecule has 2 aliphatic heterocycles. The summed E-state index contributed by atoms with van der Waals surface area (Å²) in [5, 5.41) is 3.32. The number of rotatable bonds is 4. The first-order chi connectivity index (χ1) is 8.83. The fourth-order valence-corrected chi connectivity index (χ4v) is 2.84. The van der Waals surface area contributed by atoms with Crippen molar-refractivity contribution in [3.05, 3.63) is 0 Å². The van der Waals surface area contributed by atoms with Gasteiger partial charge in [0.05, 0.1) is 13.2 Å². The number of carbonyl (C=O) groups is 1. The minimum Gasteiger partial charge on any atom is -0.465 e. The van der Waals surface area contributed by atoms with E-state index in [0.717, 1.165) is 45.6 Å². The van der Waals surface area contributed by atoms with Crippen molar-refractivity contribution in [1.29, 1.82) is 0 Å². The summed E-state index contributed by atoms with van der Waals surface area (Å²) in [6.07, 6.45) is 2.11. The lowest BCUT2D eigenvalue weighted by Gasteiger charge is -2.38. The normalized spacial score (nSPS) is 27.7. The highest BCUT2D eigenvalue weighted by Crippen LogP contribution is 2.23. The molecular formula is C13H24N2O3. The predicted octanol–water partition coefficient (Wildman–Crippen LogP) is 0.250. The Morgan fingerprint density at radius 2 is 2.28 bits per heavy atom. The molecule has 0 amide bonds. The minimum atomic E-state index is -0.118. The van der Waals surface area contributed by atoms with Gasteiger partial charge in [0, 0.05) is 38.7 Å². The zero-order valence-electron chi connectivity index (χ0n) is 11.2. The SMILES string of the molecule is CCOC(=O)C(C1CCCOC1)N1CCNCC1. The van der Waals surface area contributed by atoms with Crippen molar-refractivity contribution in [2.24, 2.45) is 5.92 Å². The Bertz CT molecular complexity index is 243. The summed E-state index contributed by atoms with van der Waals surface area (Å²) in [5.41, 5.74) is 0. The highest BCUT2D eigenvalue weighted by Gasteiger charge is 2.36. The maximum atomic E-state index is 12.2. The molecule has 2 unspecified atom stereocenters. The molecule has 5 heteroatoms. The first-order valence-electron chi connectivity index (χ1n) is 7.02. The van der Waals surface area contributed by atoms with Crippen LogP contribution in [0.4, 0.5) is 0 Å². The summed E-state index contributed by atoms with van der Waals surface area (Å²) >= 11 is 0. The first-order valence-corrected chi connectivity index (χ1v) is 7.02. The van der Waals surface area contributed by atoms with Crippen LogP contribution in [0.2, 0.25) is 0 Å². The van der Waals surface area contributed by atoms with Gasteiger partial charge in [-0.1, -0.05) is 0 Å². The molecule has 0 aliphatic carbocycles. The molecule has 18 heavy (non-hydrogen) atoms. The highest BCUT2D eigenvalue weighted by atomic mass is 16.5. The van der Waals surface area contributed by atoms with Crippen LogP contribution >= 0.6 is 0 Å². The fraction of sp³-hybridized carbons (Fsp3) is 0.923. The van der Waals surface area contributed by atoms with E-state index in [-0.39, 0.29) is 17.9 Å². The van der Waals surface area contributed by atoms with Crippen LogP contribution in [0.15, 0.2) is 0 Å². The summed E-state index contributed by atoms with van der Waals surface area (Å²) < 4.78 is 10.8. The molecule has 2 heterocycles. The third-order valence-corrected chi connectivity index (χ3v) is 3.72. The number of hydrogen-bond acceptors (Lipinski definition) is 5. The van der Waals surface area contributed by atoms with Crippen LogP contribution in [0, 0.1) is 5.92 Å². The number of piperazine rings is 1. The lowest BCUT2D eigenvalue weighted by Crippen LogP contribution is -2.55. The number of ether oxygens (including phenoxy) is 2. The summed E-state index contributed by atoms with van der Waals surface area (Å²) in [4.78, 5) is 14.5. The molecule has 0 radical (unpaired) electrons. The number of esters is 1. The van der Waals surface area contributed by atoms with E-state index < -0.39 is 0 Å². The Morgan fingerprint density at radius 1 is 1.50 bits per heavy atom. The van der Waals surface area contributed by atoms with Crippen LogP contribution < -0.4 is 5.32 Å². The summed E-state index contributed by atoms with van der Waals surface area (Å²) in [5.74, 6) is 0.214. The van der Waals surface area contributed by atoms with E-state index >= 15 is 0 Å². The molecule has 104 valence electrons. The largest absolute Gasteiger partial charge is 0.465 e. The quantitative estimate of drug-likeness (QED) is 0.731. The van der Waals surface area contributed by atoms with Crippen molar-refractivity contribution in [3.63, 3.8) is 0 Å². The van der Waals surface area contributed by atoms with Gasteiger partial charge in [-0.2, -0.15) is 0 Å². The first kappa shape index (κ1) is 13.8. The van der Waals surface area contributed by atoms with Crippen LogP contribution in [0.1, 0.15) is 19.8 Å². The van der Waals surface area contributed by atoms with Crippen LogP contribution in [0.25, 0.3) is 0 Å². The van der Waals surface area contributed by atoms with Crippen molar-refractivity contribution in [2.45, 2.75) is 25.8 Å². The molecule has 2 atom stereocenters.